The molecular formula is C22H22N2O5. The summed E-state index contributed by atoms with van der Waals surface area (Å²) in [4.78, 5) is 50.3. The van der Waals surface area contributed by atoms with Crippen molar-refractivity contribution < 1.29 is 23.6 Å². The molecule has 0 spiro atoms. The Bertz CT molecular complexity index is 1080. The van der Waals surface area contributed by atoms with E-state index in [-0.39, 0.29) is 23.6 Å². The SMILES string of the molecule is CC(=O)N(C(C)=O)c1cc2c(cc1C)oc1cc(C)c(N(C(C)=O)C(C)=O)cc12. The molecule has 7 nitrogen and oxygen atoms in total. The Morgan fingerprint density at radius 2 is 0.931 bits per heavy atom. The van der Waals surface area contributed by atoms with Crippen molar-refractivity contribution in [3.8, 4) is 0 Å². The molecule has 0 unspecified atom stereocenters. The summed E-state index contributed by atoms with van der Waals surface area (Å²) >= 11 is 0. The molecule has 0 aliphatic carbocycles. The maximum Gasteiger partial charge on any atom is 0.230 e. The highest BCUT2D eigenvalue weighted by Crippen LogP contribution is 2.37. The molecule has 4 amide bonds. The standard InChI is InChI=1S/C22H22N2O5/c1-11-7-21-17(9-19(11)23(13(3)25)14(4)26)18-10-20(12(2)8-22(18)29-21)24(15(5)27)16(6)28/h7-10H,1-6H3. The fraction of sp³-hybridized carbons (Fsp3) is 0.273. The number of nitrogens with zero attached hydrogens (tertiary/aromatic N) is 2. The largest absolute Gasteiger partial charge is 0.456 e. The quantitative estimate of drug-likeness (QED) is 0.655. The highest BCUT2D eigenvalue weighted by molar-refractivity contribution is 6.18. The van der Waals surface area contributed by atoms with E-state index in [1.54, 1.807) is 38.1 Å². The third kappa shape index (κ3) is 3.40. The van der Waals surface area contributed by atoms with Gasteiger partial charge < -0.3 is 4.42 Å². The van der Waals surface area contributed by atoms with E-state index in [1.165, 1.54) is 27.7 Å². The Balaban J connectivity index is 2.34. The van der Waals surface area contributed by atoms with Crippen LogP contribution in [0.4, 0.5) is 11.4 Å². The molecule has 1 aromatic heterocycles. The minimum absolute atomic E-state index is 0.386. The van der Waals surface area contributed by atoms with Gasteiger partial charge in [-0.1, -0.05) is 0 Å². The number of fused-ring (bicyclic) bond motifs is 3. The van der Waals surface area contributed by atoms with Crippen molar-refractivity contribution in [1.29, 1.82) is 0 Å². The fourth-order valence-electron chi connectivity index (χ4n) is 3.65. The predicted molar refractivity (Wildman–Crippen MR) is 111 cm³/mol. The van der Waals surface area contributed by atoms with E-state index in [4.69, 9.17) is 4.42 Å². The number of furan rings is 1. The van der Waals surface area contributed by atoms with Gasteiger partial charge in [-0.2, -0.15) is 0 Å². The lowest BCUT2D eigenvalue weighted by Crippen LogP contribution is -2.33. The van der Waals surface area contributed by atoms with Crippen molar-refractivity contribution in [3.05, 3.63) is 35.4 Å². The molecule has 0 atom stereocenters. The van der Waals surface area contributed by atoms with Crippen LogP contribution in [0.3, 0.4) is 0 Å². The number of anilines is 2. The molecule has 150 valence electrons. The van der Waals surface area contributed by atoms with Crippen LogP contribution in [0.2, 0.25) is 0 Å². The van der Waals surface area contributed by atoms with Crippen molar-refractivity contribution in [2.45, 2.75) is 41.5 Å². The van der Waals surface area contributed by atoms with Crippen molar-refractivity contribution in [3.63, 3.8) is 0 Å². The van der Waals surface area contributed by atoms with Gasteiger partial charge in [0.15, 0.2) is 0 Å². The molecule has 0 aliphatic heterocycles. The lowest BCUT2D eigenvalue weighted by molar-refractivity contribution is -0.125. The maximum atomic E-state index is 12.0. The molecule has 0 aliphatic rings. The first-order chi connectivity index (χ1) is 13.5. The van der Waals surface area contributed by atoms with Gasteiger partial charge in [-0.25, -0.2) is 0 Å². The zero-order valence-electron chi connectivity index (χ0n) is 17.2. The number of benzene rings is 2. The fourth-order valence-corrected chi connectivity index (χ4v) is 3.65. The van der Waals surface area contributed by atoms with Crippen molar-refractivity contribution in [2.75, 3.05) is 9.80 Å². The van der Waals surface area contributed by atoms with E-state index in [0.29, 0.717) is 44.4 Å². The monoisotopic (exact) mass is 394 g/mol. The van der Waals surface area contributed by atoms with E-state index in [1.807, 2.05) is 0 Å². The average Bonchev–Trinajstić information content (AvgIpc) is 2.90. The summed E-state index contributed by atoms with van der Waals surface area (Å²) in [6, 6.07) is 6.99. The van der Waals surface area contributed by atoms with Crippen LogP contribution in [0, 0.1) is 13.8 Å². The molecule has 0 saturated carbocycles. The zero-order chi connectivity index (χ0) is 21.6. The first-order valence-electron chi connectivity index (χ1n) is 9.13. The second kappa shape index (κ2) is 7.16. The van der Waals surface area contributed by atoms with Gasteiger partial charge in [-0.15, -0.1) is 0 Å². The second-order valence-corrected chi connectivity index (χ2v) is 7.12. The van der Waals surface area contributed by atoms with E-state index < -0.39 is 0 Å². The molecule has 3 aromatic rings. The molecule has 0 fully saturated rings. The summed E-state index contributed by atoms with van der Waals surface area (Å²) in [7, 11) is 0. The summed E-state index contributed by atoms with van der Waals surface area (Å²) in [5, 5.41) is 1.36. The lowest BCUT2D eigenvalue weighted by Gasteiger charge is -2.20. The normalized spacial score (nSPS) is 11.0. The maximum absolute atomic E-state index is 12.0. The average molecular weight is 394 g/mol. The molecule has 0 radical (unpaired) electrons. The van der Waals surface area contributed by atoms with Gasteiger partial charge in [-0.3, -0.25) is 29.0 Å². The van der Waals surface area contributed by atoms with E-state index in [0.717, 1.165) is 9.80 Å². The van der Waals surface area contributed by atoms with Crippen molar-refractivity contribution in [1.82, 2.24) is 0 Å². The second-order valence-electron chi connectivity index (χ2n) is 7.12. The minimum atomic E-state index is -0.386. The first kappa shape index (κ1) is 20.3. The van der Waals surface area contributed by atoms with Gasteiger partial charge in [-0.05, 0) is 49.2 Å². The number of carbonyl (C=O) groups excluding carboxylic acids is 4. The molecule has 29 heavy (non-hydrogen) atoms. The Morgan fingerprint density at radius 1 is 0.621 bits per heavy atom. The van der Waals surface area contributed by atoms with E-state index in [2.05, 4.69) is 0 Å². The van der Waals surface area contributed by atoms with Crippen LogP contribution in [0.5, 0.6) is 0 Å². The van der Waals surface area contributed by atoms with Gasteiger partial charge in [0.1, 0.15) is 11.2 Å². The summed E-state index contributed by atoms with van der Waals surface area (Å²) in [5.41, 5.74) is 3.54. The Hall–Kier alpha value is -3.48. The van der Waals surface area contributed by atoms with E-state index >= 15 is 0 Å². The number of hydrogen-bond acceptors (Lipinski definition) is 5. The summed E-state index contributed by atoms with van der Waals surface area (Å²) in [6.07, 6.45) is 0. The Morgan fingerprint density at radius 3 is 1.21 bits per heavy atom. The number of imide groups is 2. The molecule has 1 heterocycles. The van der Waals surface area contributed by atoms with Gasteiger partial charge in [0.05, 0.1) is 11.4 Å². The highest BCUT2D eigenvalue weighted by Gasteiger charge is 2.23. The number of amides is 4. The smallest absolute Gasteiger partial charge is 0.230 e. The number of aryl methyl sites for hydroxylation is 2. The van der Waals surface area contributed by atoms with E-state index in [9.17, 15) is 19.2 Å². The van der Waals surface area contributed by atoms with Gasteiger partial charge in [0.25, 0.3) is 0 Å². The summed E-state index contributed by atoms with van der Waals surface area (Å²) in [5.74, 6) is -1.54. The predicted octanol–water partition coefficient (Wildman–Crippen LogP) is 4.00. The van der Waals surface area contributed by atoms with Crippen molar-refractivity contribution in [2.24, 2.45) is 0 Å². The Labute approximate surface area is 167 Å². The molecular weight excluding hydrogens is 372 g/mol. The molecule has 0 bridgehead atoms. The van der Waals surface area contributed by atoms with Crippen LogP contribution >= 0.6 is 0 Å². The topological polar surface area (TPSA) is 87.9 Å². The lowest BCUT2D eigenvalue weighted by atomic mass is 10.0. The number of rotatable bonds is 2. The van der Waals surface area contributed by atoms with Crippen LogP contribution in [0.15, 0.2) is 28.7 Å². The molecule has 3 rings (SSSR count). The zero-order valence-corrected chi connectivity index (χ0v) is 17.2. The third-order valence-electron chi connectivity index (χ3n) is 4.85. The summed E-state index contributed by atoms with van der Waals surface area (Å²) in [6.45, 7) is 8.92. The molecule has 0 saturated heterocycles. The van der Waals surface area contributed by atoms with Crippen LogP contribution in [-0.4, -0.2) is 23.6 Å². The minimum Gasteiger partial charge on any atom is -0.456 e. The van der Waals surface area contributed by atoms with Gasteiger partial charge >= 0.3 is 0 Å². The summed E-state index contributed by atoms with van der Waals surface area (Å²) < 4.78 is 5.95. The van der Waals surface area contributed by atoms with Crippen LogP contribution in [-0.2, 0) is 19.2 Å². The third-order valence-corrected chi connectivity index (χ3v) is 4.85. The molecule has 7 heteroatoms. The number of hydrogen-bond donors (Lipinski definition) is 0. The van der Waals surface area contributed by atoms with Gasteiger partial charge in [0.2, 0.25) is 23.6 Å². The van der Waals surface area contributed by atoms with Gasteiger partial charge in [0, 0.05) is 38.5 Å². The highest BCUT2D eigenvalue weighted by atomic mass is 16.3. The first-order valence-corrected chi connectivity index (χ1v) is 9.13. The molecule has 0 N–H and O–H groups in total. The van der Waals surface area contributed by atoms with Crippen LogP contribution in [0.25, 0.3) is 21.9 Å². The van der Waals surface area contributed by atoms with Crippen LogP contribution in [0.1, 0.15) is 38.8 Å². The van der Waals surface area contributed by atoms with Crippen LogP contribution < -0.4 is 9.80 Å². The number of carbonyl (C=O) groups is 4. The molecule has 2 aromatic carbocycles. The van der Waals surface area contributed by atoms with Crippen molar-refractivity contribution >= 4 is 56.9 Å². The Kier molecular flexibility index (Phi) is 5.00.